The summed E-state index contributed by atoms with van der Waals surface area (Å²) in [5.74, 6) is 1.69. The summed E-state index contributed by atoms with van der Waals surface area (Å²) in [7, 11) is 0. The molecule has 0 aromatic carbocycles. The molecule has 1 saturated carbocycles. The first-order valence-electron chi connectivity index (χ1n) is 7.12. The molecule has 0 bridgehead atoms. The molecule has 19 heavy (non-hydrogen) atoms. The molecule has 1 aromatic heterocycles. The summed E-state index contributed by atoms with van der Waals surface area (Å²) in [6, 6.07) is 0.269. The van der Waals surface area contributed by atoms with E-state index in [-0.39, 0.29) is 17.6 Å². The van der Waals surface area contributed by atoms with E-state index in [2.05, 4.69) is 30.9 Å². The SMILES string of the molecule is CCOC(c1noc(C2CCC(N)C2)n1)C(C)(C)C. The van der Waals surface area contributed by atoms with Crippen LogP contribution in [0.25, 0.3) is 0 Å². The van der Waals surface area contributed by atoms with Gasteiger partial charge in [-0.15, -0.1) is 0 Å². The lowest BCUT2D eigenvalue weighted by atomic mass is 9.88. The van der Waals surface area contributed by atoms with Crippen LogP contribution in [0, 0.1) is 5.41 Å². The first kappa shape index (κ1) is 14.5. The number of nitrogens with two attached hydrogens (primary N) is 1. The number of hydrogen-bond donors (Lipinski definition) is 1. The summed E-state index contributed by atoms with van der Waals surface area (Å²) in [5.41, 5.74) is 5.88. The molecule has 3 atom stereocenters. The van der Waals surface area contributed by atoms with Crippen molar-refractivity contribution in [3.63, 3.8) is 0 Å². The Balaban J connectivity index is 2.14. The molecule has 3 unspecified atom stereocenters. The zero-order valence-corrected chi connectivity index (χ0v) is 12.3. The predicted octanol–water partition coefficient (Wildman–Crippen LogP) is 2.79. The fourth-order valence-corrected chi connectivity index (χ4v) is 2.64. The molecule has 0 amide bonds. The molecule has 5 heteroatoms. The molecule has 1 fully saturated rings. The second-order valence-electron chi connectivity index (χ2n) is 6.46. The van der Waals surface area contributed by atoms with Crippen LogP contribution < -0.4 is 5.73 Å². The van der Waals surface area contributed by atoms with Gasteiger partial charge in [0, 0.05) is 18.6 Å². The van der Waals surface area contributed by atoms with E-state index in [1.54, 1.807) is 0 Å². The second kappa shape index (κ2) is 5.59. The molecule has 0 aliphatic heterocycles. The Morgan fingerprint density at radius 3 is 2.68 bits per heavy atom. The molecule has 1 heterocycles. The minimum absolute atomic E-state index is 0.0523. The number of hydrogen-bond acceptors (Lipinski definition) is 5. The smallest absolute Gasteiger partial charge is 0.229 e. The Labute approximate surface area is 114 Å². The van der Waals surface area contributed by atoms with Crippen molar-refractivity contribution >= 4 is 0 Å². The molecule has 1 aliphatic carbocycles. The van der Waals surface area contributed by atoms with Gasteiger partial charge in [0.2, 0.25) is 11.7 Å². The van der Waals surface area contributed by atoms with Crippen molar-refractivity contribution in [2.45, 2.75) is 65.0 Å². The van der Waals surface area contributed by atoms with Gasteiger partial charge in [-0.2, -0.15) is 4.98 Å². The molecule has 5 nitrogen and oxygen atoms in total. The fraction of sp³-hybridized carbons (Fsp3) is 0.857. The van der Waals surface area contributed by atoms with Crippen LogP contribution >= 0.6 is 0 Å². The van der Waals surface area contributed by atoms with E-state index in [1.165, 1.54) is 0 Å². The number of ether oxygens (including phenoxy) is 1. The molecule has 108 valence electrons. The van der Waals surface area contributed by atoms with Crippen LogP contribution in [0.4, 0.5) is 0 Å². The fourth-order valence-electron chi connectivity index (χ4n) is 2.64. The van der Waals surface area contributed by atoms with Crippen LogP contribution in [0.15, 0.2) is 4.52 Å². The van der Waals surface area contributed by atoms with Crippen molar-refractivity contribution in [3.05, 3.63) is 11.7 Å². The molecule has 0 radical (unpaired) electrons. The summed E-state index contributed by atoms with van der Waals surface area (Å²) >= 11 is 0. The van der Waals surface area contributed by atoms with E-state index < -0.39 is 0 Å². The average molecular weight is 267 g/mol. The van der Waals surface area contributed by atoms with Crippen LogP contribution in [0.1, 0.15) is 70.7 Å². The Morgan fingerprint density at radius 2 is 2.16 bits per heavy atom. The standard InChI is InChI=1S/C14H25N3O2/c1-5-18-11(14(2,3)4)12-16-13(19-17-12)9-6-7-10(15)8-9/h9-11H,5-8,15H2,1-4H3. The summed E-state index contributed by atoms with van der Waals surface area (Å²) in [6.45, 7) is 8.98. The van der Waals surface area contributed by atoms with Crippen molar-refractivity contribution in [1.82, 2.24) is 10.1 Å². The molecule has 1 aliphatic rings. The topological polar surface area (TPSA) is 74.2 Å². The summed E-state index contributed by atoms with van der Waals surface area (Å²) in [6.07, 6.45) is 2.88. The van der Waals surface area contributed by atoms with E-state index in [0.29, 0.717) is 18.3 Å². The van der Waals surface area contributed by atoms with Gasteiger partial charge in [-0.3, -0.25) is 0 Å². The Kier molecular flexibility index (Phi) is 4.26. The Bertz CT molecular complexity index is 411. The highest BCUT2D eigenvalue weighted by Crippen LogP contribution is 2.37. The zero-order chi connectivity index (χ0) is 14.0. The van der Waals surface area contributed by atoms with Crippen LogP contribution in [-0.2, 0) is 4.74 Å². The predicted molar refractivity (Wildman–Crippen MR) is 72.7 cm³/mol. The van der Waals surface area contributed by atoms with Gasteiger partial charge in [0.1, 0.15) is 6.10 Å². The van der Waals surface area contributed by atoms with Gasteiger partial charge >= 0.3 is 0 Å². The van der Waals surface area contributed by atoms with Gasteiger partial charge in [0.05, 0.1) is 0 Å². The first-order chi connectivity index (χ1) is 8.91. The molecule has 0 saturated heterocycles. The summed E-state index contributed by atoms with van der Waals surface area (Å²) < 4.78 is 11.2. The molecular formula is C14H25N3O2. The quantitative estimate of drug-likeness (QED) is 0.908. The lowest BCUT2D eigenvalue weighted by molar-refractivity contribution is -0.0203. The van der Waals surface area contributed by atoms with E-state index in [1.807, 2.05) is 6.92 Å². The van der Waals surface area contributed by atoms with Gasteiger partial charge in [-0.25, -0.2) is 0 Å². The lowest BCUT2D eigenvalue weighted by Gasteiger charge is -2.27. The molecule has 1 aromatic rings. The maximum atomic E-state index is 5.93. The third-order valence-electron chi connectivity index (χ3n) is 3.63. The minimum Gasteiger partial charge on any atom is -0.370 e. The number of aromatic nitrogens is 2. The normalized spacial score (nSPS) is 25.7. The summed E-state index contributed by atoms with van der Waals surface area (Å²) in [5, 5.41) is 4.12. The highest BCUT2D eigenvalue weighted by Gasteiger charge is 2.33. The highest BCUT2D eigenvalue weighted by molar-refractivity contribution is 5.02. The summed E-state index contributed by atoms with van der Waals surface area (Å²) in [4.78, 5) is 4.55. The third-order valence-corrected chi connectivity index (χ3v) is 3.63. The molecule has 0 spiro atoms. The van der Waals surface area contributed by atoms with Crippen LogP contribution in [0.5, 0.6) is 0 Å². The number of nitrogens with zero attached hydrogens (tertiary/aromatic N) is 2. The van der Waals surface area contributed by atoms with E-state index in [9.17, 15) is 0 Å². The molecule has 2 rings (SSSR count). The van der Waals surface area contributed by atoms with Crippen molar-refractivity contribution in [2.24, 2.45) is 11.1 Å². The third kappa shape index (κ3) is 3.34. The maximum absolute atomic E-state index is 5.93. The van der Waals surface area contributed by atoms with Gasteiger partial charge < -0.3 is 15.0 Å². The largest absolute Gasteiger partial charge is 0.370 e. The average Bonchev–Trinajstić information content (AvgIpc) is 2.92. The van der Waals surface area contributed by atoms with Crippen LogP contribution in [0.2, 0.25) is 0 Å². The first-order valence-corrected chi connectivity index (χ1v) is 7.12. The van der Waals surface area contributed by atoms with Gasteiger partial charge in [0.25, 0.3) is 0 Å². The van der Waals surface area contributed by atoms with E-state index >= 15 is 0 Å². The van der Waals surface area contributed by atoms with Crippen molar-refractivity contribution < 1.29 is 9.26 Å². The van der Waals surface area contributed by atoms with Gasteiger partial charge in [-0.05, 0) is 31.6 Å². The molecule has 2 N–H and O–H groups in total. The highest BCUT2D eigenvalue weighted by atomic mass is 16.5. The molecular weight excluding hydrogens is 242 g/mol. The Hall–Kier alpha value is -0.940. The van der Waals surface area contributed by atoms with Gasteiger partial charge in [-0.1, -0.05) is 25.9 Å². The van der Waals surface area contributed by atoms with Gasteiger partial charge in [0.15, 0.2) is 0 Å². The lowest BCUT2D eigenvalue weighted by Crippen LogP contribution is -2.22. The zero-order valence-electron chi connectivity index (χ0n) is 12.3. The van der Waals surface area contributed by atoms with E-state index in [0.717, 1.165) is 25.2 Å². The Morgan fingerprint density at radius 1 is 1.42 bits per heavy atom. The maximum Gasteiger partial charge on any atom is 0.229 e. The van der Waals surface area contributed by atoms with Crippen LogP contribution in [0.3, 0.4) is 0 Å². The van der Waals surface area contributed by atoms with Crippen molar-refractivity contribution in [3.8, 4) is 0 Å². The number of rotatable bonds is 4. The van der Waals surface area contributed by atoms with Crippen molar-refractivity contribution in [2.75, 3.05) is 6.61 Å². The van der Waals surface area contributed by atoms with Crippen LogP contribution in [-0.4, -0.2) is 22.8 Å². The second-order valence-corrected chi connectivity index (χ2v) is 6.46. The monoisotopic (exact) mass is 267 g/mol. The van der Waals surface area contributed by atoms with E-state index in [4.69, 9.17) is 15.0 Å². The minimum atomic E-state index is -0.134. The van der Waals surface area contributed by atoms with Crippen molar-refractivity contribution in [1.29, 1.82) is 0 Å².